The van der Waals surface area contributed by atoms with E-state index < -0.39 is 0 Å². The number of hydrogen-bond donors (Lipinski definition) is 1. The third kappa shape index (κ3) is 3.29. The van der Waals surface area contributed by atoms with Gasteiger partial charge in [-0.25, -0.2) is 4.98 Å². The van der Waals surface area contributed by atoms with E-state index in [0.29, 0.717) is 12.1 Å². The lowest BCUT2D eigenvalue weighted by Crippen LogP contribution is -2.30. The second-order valence-corrected chi connectivity index (χ2v) is 5.32. The first-order chi connectivity index (χ1) is 9.08. The molecule has 19 heavy (non-hydrogen) atoms. The molecule has 0 aliphatic rings. The van der Waals surface area contributed by atoms with Crippen molar-refractivity contribution in [2.24, 2.45) is 0 Å². The van der Waals surface area contributed by atoms with Gasteiger partial charge < -0.3 is 10.0 Å². The second-order valence-electron chi connectivity index (χ2n) is 4.39. The van der Waals surface area contributed by atoms with Crippen LogP contribution in [0.2, 0.25) is 0 Å². The Morgan fingerprint density at radius 1 is 1.53 bits per heavy atom. The summed E-state index contributed by atoms with van der Waals surface area (Å²) in [4.78, 5) is 21.8. The van der Waals surface area contributed by atoms with Crippen molar-refractivity contribution in [1.29, 1.82) is 0 Å². The molecule has 0 aliphatic carbocycles. The van der Waals surface area contributed by atoms with Gasteiger partial charge in [0.1, 0.15) is 5.75 Å². The van der Waals surface area contributed by atoms with Gasteiger partial charge in [-0.3, -0.25) is 9.78 Å². The Morgan fingerprint density at radius 3 is 2.95 bits per heavy atom. The van der Waals surface area contributed by atoms with E-state index >= 15 is 0 Å². The molecule has 2 rings (SSSR count). The van der Waals surface area contributed by atoms with Gasteiger partial charge in [-0.2, -0.15) is 0 Å². The fraction of sp³-hybridized carbons (Fsp3) is 0.308. The van der Waals surface area contributed by atoms with Gasteiger partial charge in [0.15, 0.2) is 0 Å². The molecule has 0 spiro atoms. The Morgan fingerprint density at radius 2 is 2.32 bits per heavy atom. The molecule has 0 bridgehead atoms. The summed E-state index contributed by atoms with van der Waals surface area (Å²) in [7, 11) is 1.73. The van der Waals surface area contributed by atoms with Crippen molar-refractivity contribution in [2.45, 2.75) is 12.8 Å². The highest BCUT2D eigenvalue weighted by Gasteiger charge is 2.17. The molecule has 1 N–H and O–H groups in total. The first-order valence-corrected chi connectivity index (χ1v) is 6.74. The van der Waals surface area contributed by atoms with Crippen LogP contribution in [0.3, 0.4) is 0 Å². The minimum atomic E-state index is -0.160. The van der Waals surface area contributed by atoms with E-state index in [4.69, 9.17) is 0 Å². The lowest BCUT2D eigenvalue weighted by atomic mass is 10.1. The molecule has 6 heteroatoms. The molecule has 0 saturated carbocycles. The van der Waals surface area contributed by atoms with Crippen molar-refractivity contribution in [2.75, 3.05) is 13.6 Å². The molecule has 0 aliphatic heterocycles. The van der Waals surface area contributed by atoms with Crippen LogP contribution < -0.4 is 0 Å². The molecule has 0 radical (unpaired) electrons. The van der Waals surface area contributed by atoms with E-state index in [0.717, 1.165) is 5.01 Å². The molecule has 1 unspecified atom stereocenters. The number of carbonyl (C=O) groups is 1. The maximum Gasteiger partial charge on any atom is 0.255 e. The van der Waals surface area contributed by atoms with Gasteiger partial charge in [0.2, 0.25) is 0 Å². The normalized spacial score (nSPS) is 12.1. The largest absolute Gasteiger partial charge is 0.506 e. The zero-order valence-electron chi connectivity index (χ0n) is 10.8. The third-order valence-corrected chi connectivity index (χ3v) is 3.75. The molecular formula is C13H15N3O2S. The topological polar surface area (TPSA) is 66.3 Å². The average molecular weight is 277 g/mol. The van der Waals surface area contributed by atoms with Crippen molar-refractivity contribution in [1.82, 2.24) is 14.9 Å². The predicted molar refractivity (Wildman–Crippen MR) is 73.4 cm³/mol. The zero-order chi connectivity index (χ0) is 13.8. The molecular weight excluding hydrogens is 262 g/mol. The summed E-state index contributed by atoms with van der Waals surface area (Å²) in [5.74, 6) is 0.0123. The Kier molecular flexibility index (Phi) is 4.11. The standard InChI is InChI=1S/C13H15N3O2S/c1-9(12-15-3-4-19-12)8-16(2)13(18)10-5-11(17)7-14-6-10/h3-7,9,17H,8H2,1-2H3. The van der Waals surface area contributed by atoms with Gasteiger partial charge in [0.25, 0.3) is 5.91 Å². The first-order valence-electron chi connectivity index (χ1n) is 5.87. The Bertz CT molecular complexity index is 557. The lowest BCUT2D eigenvalue weighted by molar-refractivity contribution is 0.0787. The smallest absolute Gasteiger partial charge is 0.255 e. The van der Waals surface area contributed by atoms with Crippen LogP contribution in [0.4, 0.5) is 0 Å². The Labute approximate surface area is 115 Å². The number of likely N-dealkylation sites (N-methyl/N-ethyl adjacent to an activating group) is 1. The van der Waals surface area contributed by atoms with Crippen molar-refractivity contribution in [3.63, 3.8) is 0 Å². The minimum absolute atomic E-state index is 0.00720. The minimum Gasteiger partial charge on any atom is -0.506 e. The zero-order valence-corrected chi connectivity index (χ0v) is 11.6. The van der Waals surface area contributed by atoms with Crippen molar-refractivity contribution in [3.8, 4) is 5.75 Å². The fourth-order valence-electron chi connectivity index (χ4n) is 1.81. The number of pyridine rings is 1. The number of carbonyl (C=O) groups excluding carboxylic acids is 1. The lowest BCUT2D eigenvalue weighted by Gasteiger charge is -2.20. The maximum absolute atomic E-state index is 12.2. The Hall–Kier alpha value is -1.95. The summed E-state index contributed by atoms with van der Waals surface area (Å²) in [6.07, 6.45) is 4.51. The van der Waals surface area contributed by atoms with E-state index in [1.807, 2.05) is 12.3 Å². The SMILES string of the molecule is CC(CN(C)C(=O)c1cncc(O)c1)c1nccs1. The summed E-state index contributed by atoms with van der Waals surface area (Å²) >= 11 is 1.58. The quantitative estimate of drug-likeness (QED) is 0.929. The highest BCUT2D eigenvalue weighted by molar-refractivity contribution is 7.09. The number of rotatable bonds is 4. The Balaban J connectivity index is 2.03. The highest BCUT2D eigenvalue weighted by atomic mass is 32.1. The van der Waals surface area contributed by atoms with E-state index in [1.54, 1.807) is 29.5 Å². The molecule has 2 aromatic heterocycles. The van der Waals surface area contributed by atoms with Crippen LogP contribution in [0.1, 0.15) is 28.2 Å². The van der Waals surface area contributed by atoms with Crippen LogP contribution in [0, 0.1) is 0 Å². The summed E-state index contributed by atoms with van der Waals surface area (Å²) in [5.41, 5.74) is 0.383. The van der Waals surface area contributed by atoms with Gasteiger partial charge in [0, 0.05) is 37.3 Å². The number of amides is 1. The predicted octanol–water partition coefficient (Wildman–Crippen LogP) is 2.12. The van der Waals surface area contributed by atoms with Crippen LogP contribution in [-0.4, -0.2) is 39.5 Å². The second kappa shape index (κ2) is 5.79. The van der Waals surface area contributed by atoms with Crippen LogP contribution in [-0.2, 0) is 0 Å². The van der Waals surface area contributed by atoms with Gasteiger partial charge >= 0.3 is 0 Å². The van der Waals surface area contributed by atoms with Crippen molar-refractivity contribution >= 4 is 17.2 Å². The third-order valence-electron chi connectivity index (χ3n) is 2.74. The molecule has 1 atom stereocenters. The molecule has 1 amide bonds. The molecule has 0 fully saturated rings. The maximum atomic E-state index is 12.2. The number of aromatic hydroxyl groups is 1. The molecule has 5 nitrogen and oxygen atoms in total. The van der Waals surface area contributed by atoms with Gasteiger partial charge in [-0.05, 0) is 6.07 Å². The number of thiazole rings is 1. The van der Waals surface area contributed by atoms with E-state index in [2.05, 4.69) is 9.97 Å². The molecule has 2 aromatic rings. The first kappa shape index (κ1) is 13.5. The molecule has 2 heterocycles. The summed E-state index contributed by atoms with van der Waals surface area (Å²) in [5, 5.41) is 12.3. The van der Waals surface area contributed by atoms with Crippen molar-refractivity contribution < 1.29 is 9.90 Å². The van der Waals surface area contributed by atoms with Crippen LogP contribution >= 0.6 is 11.3 Å². The van der Waals surface area contributed by atoms with Crippen LogP contribution in [0.25, 0.3) is 0 Å². The van der Waals surface area contributed by atoms with Crippen LogP contribution in [0.15, 0.2) is 30.0 Å². The highest BCUT2D eigenvalue weighted by Crippen LogP contribution is 2.19. The van der Waals surface area contributed by atoms with Gasteiger partial charge in [0.05, 0.1) is 16.8 Å². The molecule has 100 valence electrons. The monoisotopic (exact) mass is 277 g/mol. The number of aromatic nitrogens is 2. The fourth-order valence-corrected chi connectivity index (χ4v) is 2.50. The average Bonchev–Trinajstić information content (AvgIpc) is 2.91. The number of nitrogens with zero attached hydrogens (tertiary/aromatic N) is 3. The van der Waals surface area contributed by atoms with E-state index in [-0.39, 0.29) is 17.6 Å². The van der Waals surface area contributed by atoms with E-state index in [9.17, 15) is 9.90 Å². The number of hydrogen-bond acceptors (Lipinski definition) is 5. The van der Waals surface area contributed by atoms with E-state index in [1.165, 1.54) is 18.5 Å². The van der Waals surface area contributed by atoms with Crippen LogP contribution in [0.5, 0.6) is 5.75 Å². The summed E-state index contributed by atoms with van der Waals surface area (Å²) in [6, 6.07) is 1.42. The molecule has 0 saturated heterocycles. The summed E-state index contributed by atoms with van der Waals surface area (Å²) < 4.78 is 0. The van der Waals surface area contributed by atoms with Gasteiger partial charge in [-0.1, -0.05) is 6.92 Å². The van der Waals surface area contributed by atoms with Crippen molar-refractivity contribution in [3.05, 3.63) is 40.6 Å². The molecule has 0 aromatic carbocycles. The summed E-state index contributed by atoms with van der Waals surface area (Å²) in [6.45, 7) is 2.60. The van der Waals surface area contributed by atoms with Gasteiger partial charge in [-0.15, -0.1) is 11.3 Å².